The van der Waals surface area contributed by atoms with Crippen LogP contribution < -0.4 is 15.5 Å². The second-order valence-electron chi connectivity index (χ2n) is 6.80. The third kappa shape index (κ3) is 4.32. The standard InChI is InChI=1S/C22H22ClN3O3/c1-13-9-10-20(29-4)16(11-13)15(3)24-22(28)21-19(27)12-14(2)26(25-21)18-8-6-5-7-17(18)23/h5-12,15H,1-4H3,(H,24,28)/t15-/m0/s1. The van der Waals surface area contributed by atoms with Gasteiger partial charge in [0, 0.05) is 17.3 Å². The molecule has 0 fully saturated rings. The maximum absolute atomic E-state index is 12.9. The lowest BCUT2D eigenvalue weighted by Crippen LogP contribution is -2.33. The van der Waals surface area contributed by atoms with E-state index in [-0.39, 0.29) is 11.7 Å². The van der Waals surface area contributed by atoms with Gasteiger partial charge in [-0.15, -0.1) is 0 Å². The lowest BCUT2D eigenvalue weighted by molar-refractivity contribution is 0.0931. The summed E-state index contributed by atoms with van der Waals surface area (Å²) in [4.78, 5) is 25.3. The fraction of sp³-hybridized carbons (Fsp3) is 0.227. The van der Waals surface area contributed by atoms with Crippen molar-refractivity contribution in [2.45, 2.75) is 26.8 Å². The van der Waals surface area contributed by atoms with Gasteiger partial charge < -0.3 is 10.1 Å². The Kier molecular flexibility index (Phi) is 6.03. The summed E-state index contributed by atoms with van der Waals surface area (Å²) in [6.07, 6.45) is 0. The summed E-state index contributed by atoms with van der Waals surface area (Å²) in [7, 11) is 1.58. The number of nitrogens with one attached hydrogen (secondary N) is 1. The van der Waals surface area contributed by atoms with Crippen LogP contribution >= 0.6 is 11.6 Å². The topological polar surface area (TPSA) is 73.2 Å². The second-order valence-corrected chi connectivity index (χ2v) is 7.21. The van der Waals surface area contributed by atoms with Crippen LogP contribution in [0.5, 0.6) is 5.75 Å². The molecular formula is C22H22ClN3O3. The van der Waals surface area contributed by atoms with Gasteiger partial charge in [-0.1, -0.05) is 41.4 Å². The number of halogens is 1. The molecule has 1 N–H and O–H groups in total. The molecule has 0 bridgehead atoms. The van der Waals surface area contributed by atoms with Gasteiger partial charge in [-0.05, 0) is 39.0 Å². The molecule has 0 aliphatic rings. The molecule has 150 valence electrons. The Morgan fingerprint density at radius 3 is 2.59 bits per heavy atom. The number of carbonyl (C=O) groups excluding carboxylic acids is 1. The number of nitrogens with zero attached hydrogens (tertiary/aromatic N) is 2. The summed E-state index contributed by atoms with van der Waals surface area (Å²) in [5.74, 6) is 0.0978. The van der Waals surface area contributed by atoms with Crippen LogP contribution in [0.15, 0.2) is 53.3 Å². The molecular weight excluding hydrogens is 390 g/mol. The number of hydrogen-bond acceptors (Lipinski definition) is 4. The van der Waals surface area contributed by atoms with E-state index in [1.807, 2.05) is 38.1 Å². The molecule has 0 aliphatic carbocycles. The Morgan fingerprint density at radius 2 is 1.90 bits per heavy atom. The van der Waals surface area contributed by atoms with Crippen LogP contribution in [0.25, 0.3) is 5.69 Å². The molecule has 1 atom stereocenters. The van der Waals surface area contributed by atoms with Crippen molar-refractivity contribution in [2.75, 3.05) is 7.11 Å². The van der Waals surface area contributed by atoms with Crippen molar-refractivity contribution >= 4 is 17.5 Å². The fourth-order valence-electron chi connectivity index (χ4n) is 3.11. The lowest BCUT2D eigenvalue weighted by atomic mass is 10.0. The van der Waals surface area contributed by atoms with Crippen molar-refractivity contribution in [1.82, 2.24) is 15.1 Å². The molecule has 6 nitrogen and oxygen atoms in total. The van der Waals surface area contributed by atoms with Gasteiger partial charge >= 0.3 is 0 Å². The second kappa shape index (κ2) is 8.49. The molecule has 0 saturated carbocycles. The summed E-state index contributed by atoms with van der Waals surface area (Å²) in [5, 5.41) is 7.59. The molecule has 3 rings (SSSR count). The zero-order chi connectivity index (χ0) is 21.1. The van der Waals surface area contributed by atoms with Gasteiger partial charge in [0.05, 0.1) is 23.9 Å². The van der Waals surface area contributed by atoms with E-state index in [2.05, 4.69) is 10.4 Å². The highest BCUT2D eigenvalue weighted by atomic mass is 35.5. The van der Waals surface area contributed by atoms with Crippen LogP contribution in [0, 0.1) is 13.8 Å². The van der Waals surface area contributed by atoms with Gasteiger partial charge in [0.1, 0.15) is 5.75 Å². The summed E-state index contributed by atoms with van der Waals surface area (Å²) < 4.78 is 6.89. The highest BCUT2D eigenvalue weighted by molar-refractivity contribution is 6.32. The Balaban J connectivity index is 1.96. The summed E-state index contributed by atoms with van der Waals surface area (Å²) in [6.45, 7) is 5.52. The van der Waals surface area contributed by atoms with E-state index in [1.165, 1.54) is 10.7 Å². The average Bonchev–Trinajstić information content (AvgIpc) is 2.68. The van der Waals surface area contributed by atoms with E-state index in [1.54, 1.807) is 32.2 Å². The van der Waals surface area contributed by atoms with Crippen LogP contribution in [-0.4, -0.2) is 22.8 Å². The van der Waals surface area contributed by atoms with E-state index < -0.39 is 11.3 Å². The number of carbonyl (C=O) groups is 1. The predicted octanol–water partition coefficient (Wildman–Crippen LogP) is 4.00. The number of para-hydroxylation sites is 1. The highest BCUT2D eigenvalue weighted by Gasteiger charge is 2.20. The molecule has 1 aromatic heterocycles. The summed E-state index contributed by atoms with van der Waals surface area (Å²) in [5.41, 5.74) is 2.37. The quantitative estimate of drug-likeness (QED) is 0.688. The number of methoxy groups -OCH3 is 1. The van der Waals surface area contributed by atoms with Crippen LogP contribution in [0.4, 0.5) is 0 Å². The Morgan fingerprint density at radius 1 is 1.17 bits per heavy atom. The number of aryl methyl sites for hydroxylation is 2. The molecule has 29 heavy (non-hydrogen) atoms. The van der Waals surface area contributed by atoms with Crippen molar-refractivity contribution < 1.29 is 9.53 Å². The van der Waals surface area contributed by atoms with Crippen LogP contribution in [0.3, 0.4) is 0 Å². The third-order valence-electron chi connectivity index (χ3n) is 4.60. The Bertz CT molecular complexity index is 1120. The lowest BCUT2D eigenvalue weighted by Gasteiger charge is -2.18. The van der Waals surface area contributed by atoms with Crippen LogP contribution in [0.2, 0.25) is 5.02 Å². The smallest absolute Gasteiger partial charge is 0.276 e. The predicted molar refractivity (Wildman–Crippen MR) is 113 cm³/mol. The minimum Gasteiger partial charge on any atom is -0.496 e. The summed E-state index contributed by atoms with van der Waals surface area (Å²) in [6, 6.07) is 13.8. The minimum atomic E-state index is -0.563. The zero-order valence-electron chi connectivity index (χ0n) is 16.7. The van der Waals surface area contributed by atoms with Gasteiger partial charge in [0.25, 0.3) is 5.91 Å². The van der Waals surface area contributed by atoms with Crippen LogP contribution in [-0.2, 0) is 0 Å². The molecule has 1 heterocycles. The first-order valence-corrected chi connectivity index (χ1v) is 9.51. The normalized spacial score (nSPS) is 11.8. The zero-order valence-corrected chi connectivity index (χ0v) is 17.4. The van der Waals surface area contributed by atoms with E-state index in [0.717, 1.165) is 11.1 Å². The molecule has 0 spiro atoms. The van der Waals surface area contributed by atoms with Crippen molar-refractivity contribution in [2.24, 2.45) is 0 Å². The van der Waals surface area contributed by atoms with Gasteiger partial charge in [0.15, 0.2) is 5.69 Å². The summed E-state index contributed by atoms with van der Waals surface area (Å²) >= 11 is 6.26. The SMILES string of the molecule is COc1ccc(C)cc1[C@H](C)NC(=O)c1nn(-c2ccccc2Cl)c(C)cc1=O. The van der Waals surface area contributed by atoms with Crippen molar-refractivity contribution in [1.29, 1.82) is 0 Å². The number of rotatable bonds is 5. The van der Waals surface area contributed by atoms with Crippen molar-refractivity contribution in [3.05, 3.63) is 86.3 Å². The monoisotopic (exact) mass is 411 g/mol. The van der Waals surface area contributed by atoms with Gasteiger partial charge in [-0.2, -0.15) is 5.10 Å². The van der Waals surface area contributed by atoms with Gasteiger partial charge in [-0.3, -0.25) is 9.59 Å². The van der Waals surface area contributed by atoms with E-state index >= 15 is 0 Å². The first-order valence-electron chi connectivity index (χ1n) is 9.13. The molecule has 3 aromatic rings. The molecule has 7 heteroatoms. The molecule has 0 saturated heterocycles. The Hall–Kier alpha value is -3.12. The number of aromatic nitrogens is 2. The number of benzene rings is 2. The first-order chi connectivity index (χ1) is 13.8. The molecule has 0 aliphatic heterocycles. The fourth-order valence-corrected chi connectivity index (χ4v) is 3.32. The average molecular weight is 412 g/mol. The number of hydrogen-bond donors (Lipinski definition) is 1. The highest BCUT2D eigenvalue weighted by Crippen LogP contribution is 2.26. The minimum absolute atomic E-state index is 0.200. The van der Waals surface area contributed by atoms with E-state index in [4.69, 9.17) is 16.3 Å². The van der Waals surface area contributed by atoms with Crippen molar-refractivity contribution in [3.63, 3.8) is 0 Å². The first kappa shape index (κ1) is 20.6. The van der Waals surface area contributed by atoms with E-state index in [9.17, 15) is 9.59 Å². The maximum atomic E-state index is 12.9. The number of amides is 1. The molecule has 1 amide bonds. The molecule has 2 aromatic carbocycles. The van der Waals surface area contributed by atoms with Gasteiger partial charge in [0.2, 0.25) is 5.43 Å². The number of ether oxygens (including phenoxy) is 1. The maximum Gasteiger partial charge on any atom is 0.276 e. The Labute approximate surface area is 174 Å². The molecule has 0 radical (unpaired) electrons. The van der Waals surface area contributed by atoms with Crippen molar-refractivity contribution in [3.8, 4) is 11.4 Å². The van der Waals surface area contributed by atoms with Gasteiger partial charge in [-0.25, -0.2) is 4.68 Å². The molecule has 0 unspecified atom stereocenters. The van der Waals surface area contributed by atoms with Crippen LogP contribution in [0.1, 0.15) is 40.3 Å². The largest absolute Gasteiger partial charge is 0.496 e. The van der Waals surface area contributed by atoms with E-state index in [0.29, 0.717) is 22.2 Å². The third-order valence-corrected chi connectivity index (χ3v) is 4.92.